The number of hydrogen-bond acceptors (Lipinski definition) is 4. The van der Waals surface area contributed by atoms with Gasteiger partial charge >= 0.3 is 6.03 Å². The number of anilines is 1. The van der Waals surface area contributed by atoms with Gasteiger partial charge in [0.25, 0.3) is 0 Å². The van der Waals surface area contributed by atoms with Crippen molar-refractivity contribution < 1.29 is 23.1 Å². The summed E-state index contributed by atoms with van der Waals surface area (Å²) in [6, 6.07) is 12.1. The van der Waals surface area contributed by atoms with E-state index in [1.807, 2.05) is 12.1 Å². The molecule has 2 heterocycles. The van der Waals surface area contributed by atoms with E-state index >= 15 is 0 Å². The van der Waals surface area contributed by atoms with Gasteiger partial charge in [0.05, 0.1) is 12.1 Å². The first kappa shape index (κ1) is 25.3. The van der Waals surface area contributed by atoms with Crippen molar-refractivity contribution in [3.05, 3.63) is 65.5 Å². The number of urea groups is 1. The summed E-state index contributed by atoms with van der Waals surface area (Å²) >= 11 is 0. The second-order valence-electron chi connectivity index (χ2n) is 9.55. The number of Topliss-reactive ketones (excluding diaryl/α,β-unsaturated/α-hetero) is 1. The number of amides is 2. The highest BCUT2D eigenvalue weighted by molar-refractivity contribution is 5.96. The zero-order valence-electron chi connectivity index (χ0n) is 20.0. The van der Waals surface area contributed by atoms with Crippen LogP contribution in [0.5, 0.6) is 0 Å². The summed E-state index contributed by atoms with van der Waals surface area (Å²) in [4.78, 5) is 26.5. The number of ether oxygens (including phenoxy) is 1. The average molecular weight is 486 g/mol. The normalized spacial score (nSPS) is 23.6. The number of carbonyl (C=O) groups is 2. The van der Waals surface area contributed by atoms with E-state index in [4.69, 9.17) is 4.74 Å². The molecule has 0 saturated carbocycles. The Morgan fingerprint density at radius 2 is 1.83 bits per heavy atom. The molecular weight excluding hydrogens is 452 g/mol. The van der Waals surface area contributed by atoms with Gasteiger partial charge in [-0.2, -0.15) is 0 Å². The van der Waals surface area contributed by atoms with Gasteiger partial charge < -0.3 is 20.3 Å². The van der Waals surface area contributed by atoms with Crippen LogP contribution >= 0.6 is 0 Å². The maximum absolute atomic E-state index is 14.8. The lowest BCUT2D eigenvalue weighted by atomic mass is 9.89. The van der Waals surface area contributed by atoms with Crippen LogP contribution in [0.25, 0.3) is 0 Å². The van der Waals surface area contributed by atoms with E-state index in [0.29, 0.717) is 30.3 Å². The molecule has 2 aliphatic heterocycles. The highest BCUT2D eigenvalue weighted by atomic mass is 19.1. The predicted molar refractivity (Wildman–Crippen MR) is 131 cm³/mol. The van der Waals surface area contributed by atoms with E-state index in [1.54, 1.807) is 24.3 Å². The van der Waals surface area contributed by atoms with Crippen LogP contribution in [-0.2, 0) is 11.2 Å². The second-order valence-corrected chi connectivity index (χ2v) is 9.55. The number of halogens is 2. The van der Waals surface area contributed by atoms with E-state index < -0.39 is 24.3 Å². The van der Waals surface area contributed by atoms with Crippen molar-refractivity contribution in [1.29, 1.82) is 0 Å². The third kappa shape index (κ3) is 7.08. The van der Waals surface area contributed by atoms with Gasteiger partial charge in [-0.05, 0) is 75.0 Å². The number of alkyl halides is 1. The highest BCUT2D eigenvalue weighted by Crippen LogP contribution is 2.25. The Labute approximate surface area is 205 Å². The fraction of sp³-hybridized carbons (Fsp3) is 0.481. The second kappa shape index (κ2) is 11.7. The monoisotopic (exact) mass is 485 g/mol. The maximum atomic E-state index is 14.8. The minimum Gasteiger partial charge on any atom is -0.375 e. The van der Waals surface area contributed by atoms with Crippen molar-refractivity contribution in [3.63, 3.8) is 0 Å². The van der Waals surface area contributed by atoms with E-state index in [-0.39, 0.29) is 18.0 Å². The average Bonchev–Trinajstić information content (AvgIpc) is 2.84. The van der Waals surface area contributed by atoms with Gasteiger partial charge in [0.2, 0.25) is 0 Å². The first-order chi connectivity index (χ1) is 16.9. The van der Waals surface area contributed by atoms with Gasteiger partial charge in [0, 0.05) is 30.8 Å². The van der Waals surface area contributed by atoms with Crippen molar-refractivity contribution in [2.24, 2.45) is 5.92 Å². The smallest absolute Gasteiger partial charge is 0.319 e. The van der Waals surface area contributed by atoms with Crippen LogP contribution in [0.1, 0.15) is 42.1 Å². The Balaban J connectivity index is 1.29. The molecule has 2 aromatic rings. The van der Waals surface area contributed by atoms with Crippen molar-refractivity contribution in [1.82, 2.24) is 10.2 Å². The largest absolute Gasteiger partial charge is 0.375 e. The van der Waals surface area contributed by atoms with E-state index in [1.165, 1.54) is 19.1 Å². The van der Waals surface area contributed by atoms with E-state index in [2.05, 4.69) is 15.5 Å². The molecule has 2 amide bonds. The molecule has 2 N–H and O–H groups in total. The summed E-state index contributed by atoms with van der Waals surface area (Å²) in [5.74, 6) is 0.215. The standard InChI is InChI=1S/C27H33F2N3O3/c1-18(33)21-3-2-4-23(16-21)30-27(34)31-26-24(29)11-14-35-25(26)17-32-12-9-20(10-13-32)15-19-5-7-22(28)8-6-19/h2-8,16,20,24-26H,9-15,17H2,1H3,(H2,30,31,34). The van der Waals surface area contributed by atoms with Crippen LogP contribution in [0.3, 0.4) is 0 Å². The fourth-order valence-electron chi connectivity index (χ4n) is 4.91. The van der Waals surface area contributed by atoms with Crippen LogP contribution in [0.2, 0.25) is 0 Å². The number of benzene rings is 2. The zero-order chi connectivity index (χ0) is 24.8. The maximum Gasteiger partial charge on any atom is 0.319 e. The number of piperidine rings is 1. The van der Waals surface area contributed by atoms with Gasteiger partial charge in [0.1, 0.15) is 12.0 Å². The predicted octanol–water partition coefficient (Wildman–Crippen LogP) is 4.60. The number of rotatable bonds is 7. The van der Waals surface area contributed by atoms with Crippen molar-refractivity contribution in [2.75, 3.05) is 31.6 Å². The third-order valence-corrected chi connectivity index (χ3v) is 6.92. The number of ketones is 1. The summed E-state index contributed by atoms with van der Waals surface area (Å²) in [6.45, 7) is 4.09. The number of nitrogens with zero attached hydrogens (tertiary/aromatic N) is 1. The van der Waals surface area contributed by atoms with Gasteiger partial charge in [-0.1, -0.05) is 24.3 Å². The van der Waals surface area contributed by atoms with Gasteiger partial charge in [-0.15, -0.1) is 0 Å². The molecule has 0 aliphatic carbocycles. The summed E-state index contributed by atoms with van der Waals surface area (Å²) in [6.07, 6.45) is 1.54. The minimum absolute atomic E-state index is 0.0972. The first-order valence-electron chi connectivity index (χ1n) is 12.3. The first-order valence-corrected chi connectivity index (χ1v) is 12.3. The van der Waals surface area contributed by atoms with Crippen LogP contribution in [0.4, 0.5) is 19.3 Å². The van der Waals surface area contributed by atoms with Crippen molar-refractivity contribution in [3.8, 4) is 0 Å². The van der Waals surface area contributed by atoms with Gasteiger partial charge in [-0.3, -0.25) is 4.79 Å². The van der Waals surface area contributed by atoms with E-state index in [0.717, 1.165) is 37.9 Å². The number of nitrogens with one attached hydrogen (secondary N) is 2. The molecule has 2 fully saturated rings. The Hall–Kier alpha value is -2.84. The molecule has 35 heavy (non-hydrogen) atoms. The third-order valence-electron chi connectivity index (χ3n) is 6.92. The summed E-state index contributed by atoms with van der Waals surface area (Å²) in [7, 11) is 0. The highest BCUT2D eigenvalue weighted by Gasteiger charge is 2.37. The molecule has 2 aliphatic rings. The molecule has 8 heteroatoms. The molecular formula is C27H33F2N3O3. The molecule has 188 valence electrons. The lowest BCUT2D eigenvalue weighted by molar-refractivity contribution is -0.0590. The minimum atomic E-state index is -1.20. The van der Waals surface area contributed by atoms with E-state index in [9.17, 15) is 18.4 Å². The lowest BCUT2D eigenvalue weighted by Gasteiger charge is -2.39. The molecule has 3 atom stereocenters. The van der Waals surface area contributed by atoms with Crippen LogP contribution in [0, 0.1) is 11.7 Å². The van der Waals surface area contributed by atoms with Crippen molar-refractivity contribution >= 4 is 17.5 Å². The van der Waals surface area contributed by atoms with Crippen LogP contribution in [-0.4, -0.2) is 61.3 Å². The molecule has 6 nitrogen and oxygen atoms in total. The fourth-order valence-corrected chi connectivity index (χ4v) is 4.91. The van der Waals surface area contributed by atoms with Crippen molar-refractivity contribution in [2.45, 2.75) is 50.9 Å². The number of carbonyl (C=O) groups excluding carboxylic acids is 2. The summed E-state index contributed by atoms with van der Waals surface area (Å²) in [5, 5.41) is 5.46. The molecule has 2 saturated heterocycles. The Kier molecular flexibility index (Phi) is 8.46. The van der Waals surface area contributed by atoms with Crippen LogP contribution in [0.15, 0.2) is 48.5 Å². The zero-order valence-corrected chi connectivity index (χ0v) is 20.0. The Bertz CT molecular complexity index is 1010. The van der Waals surface area contributed by atoms with Crippen LogP contribution < -0.4 is 10.6 Å². The molecule has 0 bridgehead atoms. The summed E-state index contributed by atoms with van der Waals surface area (Å²) in [5.41, 5.74) is 2.11. The summed E-state index contributed by atoms with van der Waals surface area (Å²) < 4.78 is 33.9. The Morgan fingerprint density at radius 3 is 2.54 bits per heavy atom. The molecule has 4 rings (SSSR count). The Morgan fingerprint density at radius 1 is 1.09 bits per heavy atom. The quantitative estimate of drug-likeness (QED) is 0.563. The molecule has 0 aromatic heterocycles. The molecule has 2 aromatic carbocycles. The van der Waals surface area contributed by atoms with Gasteiger partial charge in [0.15, 0.2) is 5.78 Å². The number of hydrogen-bond donors (Lipinski definition) is 2. The molecule has 3 unspecified atom stereocenters. The number of likely N-dealkylation sites (tertiary alicyclic amines) is 1. The lowest BCUT2D eigenvalue weighted by Crippen LogP contribution is -2.58. The van der Waals surface area contributed by atoms with Gasteiger partial charge in [-0.25, -0.2) is 13.6 Å². The molecule has 0 radical (unpaired) electrons. The topological polar surface area (TPSA) is 70.7 Å². The SMILES string of the molecule is CC(=O)c1cccc(NC(=O)NC2C(F)CCOC2CN2CCC(Cc3ccc(F)cc3)CC2)c1. The molecule has 0 spiro atoms.